The predicted molar refractivity (Wildman–Crippen MR) is 93.0 cm³/mol. The van der Waals surface area contributed by atoms with Crippen molar-refractivity contribution in [1.29, 1.82) is 0 Å². The van der Waals surface area contributed by atoms with Crippen LogP contribution in [-0.2, 0) is 6.42 Å². The molecule has 1 aromatic carbocycles. The quantitative estimate of drug-likeness (QED) is 0.651. The molecule has 0 amide bonds. The van der Waals surface area contributed by atoms with Gasteiger partial charge in [-0.3, -0.25) is 9.78 Å². The number of Topliss-reactive ketones (excluding diaryl/α,β-unsaturated/α-hetero) is 1. The van der Waals surface area contributed by atoms with E-state index in [2.05, 4.69) is 16.2 Å². The van der Waals surface area contributed by atoms with Crippen LogP contribution in [0.2, 0.25) is 0 Å². The molecule has 4 nitrogen and oxygen atoms in total. The molecule has 0 saturated heterocycles. The van der Waals surface area contributed by atoms with E-state index in [4.69, 9.17) is 4.52 Å². The number of aryl methyl sites for hydroxylation is 4. The summed E-state index contributed by atoms with van der Waals surface area (Å²) in [5, 5.41) is 4.11. The summed E-state index contributed by atoms with van der Waals surface area (Å²) in [6.07, 6.45) is 0.916. The average molecular weight is 320 g/mol. The van der Waals surface area contributed by atoms with Gasteiger partial charge in [0.15, 0.2) is 5.78 Å². The van der Waals surface area contributed by atoms with E-state index in [-0.39, 0.29) is 5.78 Å². The summed E-state index contributed by atoms with van der Waals surface area (Å²) in [4.78, 5) is 16.7. The van der Waals surface area contributed by atoms with Crippen molar-refractivity contribution in [2.24, 2.45) is 0 Å². The first-order valence-electron chi connectivity index (χ1n) is 8.03. The van der Waals surface area contributed by atoms with Crippen molar-refractivity contribution in [2.75, 3.05) is 0 Å². The molecule has 0 aliphatic rings. The van der Waals surface area contributed by atoms with Crippen LogP contribution in [-0.4, -0.2) is 15.9 Å². The molecule has 0 saturated carbocycles. The van der Waals surface area contributed by atoms with Crippen molar-refractivity contribution in [2.45, 2.75) is 33.6 Å². The summed E-state index contributed by atoms with van der Waals surface area (Å²) < 4.78 is 5.38. The van der Waals surface area contributed by atoms with E-state index in [1.54, 1.807) is 0 Å². The van der Waals surface area contributed by atoms with Crippen LogP contribution in [0.15, 0.2) is 47.0 Å². The fourth-order valence-electron chi connectivity index (χ4n) is 2.72. The fraction of sp³-hybridized carbons (Fsp3) is 0.250. The van der Waals surface area contributed by atoms with E-state index in [9.17, 15) is 4.79 Å². The zero-order chi connectivity index (χ0) is 17.1. The normalized spacial score (nSPS) is 10.8. The van der Waals surface area contributed by atoms with Gasteiger partial charge in [0, 0.05) is 41.4 Å². The van der Waals surface area contributed by atoms with Crippen LogP contribution < -0.4 is 0 Å². The van der Waals surface area contributed by atoms with Crippen LogP contribution in [0.3, 0.4) is 0 Å². The molecule has 0 bridgehead atoms. The number of hydrogen-bond donors (Lipinski definition) is 0. The summed E-state index contributed by atoms with van der Waals surface area (Å²) in [6.45, 7) is 5.83. The second-order valence-electron chi connectivity index (χ2n) is 6.06. The van der Waals surface area contributed by atoms with Crippen LogP contribution in [0.25, 0.3) is 11.3 Å². The van der Waals surface area contributed by atoms with Crippen LogP contribution in [0, 0.1) is 20.8 Å². The molecule has 0 unspecified atom stereocenters. The van der Waals surface area contributed by atoms with Crippen molar-refractivity contribution < 1.29 is 9.32 Å². The summed E-state index contributed by atoms with van der Waals surface area (Å²) >= 11 is 0. The lowest BCUT2D eigenvalue weighted by molar-refractivity contribution is 0.0979. The highest BCUT2D eigenvalue weighted by molar-refractivity contribution is 5.97. The van der Waals surface area contributed by atoms with E-state index in [0.717, 1.165) is 28.4 Å². The summed E-state index contributed by atoms with van der Waals surface area (Å²) in [5.41, 5.74) is 5.37. The zero-order valence-electron chi connectivity index (χ0n) is 14.2. The topological polar surface area (TPSA) is 56.0 Å². The maximum absolute atomic E-state index is 12.4. The summed E-state index contributed by atoms with van der Waals surface area (Å²) in [7, 11) is 0. The molecule has 122 valence electrons. The second kappa shape index (κ2) is 6.79. The summed E-state index contributed by atoms with van der Waals surface area (Å²) in [6, 6.07) is 13.7. The third-order valence-electron chi connectivity index (χ3n) is 4.00. The molecule has 24 heavy (non-hydrogen) atoms. The molecule has 0 aliphatic heterocycles. The molecule has 3 aromatic rings. The van der Waals surface area contributed by atoms with Crippen LogP contribution in [0.4, 0.5) is 0 Å². The SMILES string of the molecule is Cc1cccc(-c2cc(CCC(=O)c3ccc(C)nc3C)on2)c1. The Morgan fingerprint density at radius 3 is 2.67 bits per heavy atom. The van der Waals surface area contributed by atoms with E-state index in [0.29, 0.717) is 18.4 Å². The van der Waals surface area contributed by atoms with Gasteiger partial charge in [-0.15, -0.1) is 0 Å². The molecule has 4 heteroatoms. The van der Waals surface area contributed by atoms with E-state index in [1.807, 2.05) is 57.2 Å². The minimum absolute atomic E-state index is 0.0773. The van der Waals surface area contributed by atoms with Crippen LogP contribution in [0.5, 0.6) is 0 Å². The molecule has 2 heterocycles. The minimum Gasteiger partial charge on any atom is -0.361 e. The Kier molecular flexibility index (Phi) is 4.56. The number of aromatic nitrogens is 2. The van der Waals surface area contributed by atoms with Gasteiger partial charge in [0.2, 0.25) is 0 Å². The van der Waals surface area contributed by atoms with Gasteiger partial charge in [-0.2, -0.15) is 0 Å². The number of carbonyl (C=O) groups is 1. The van der Waals surface area contributed by atoms with Gasteiger partial charge in [0.25, 0.3) is 0 Å². The number of ketones is 1. The molecule has 0 aliphatic carbocycles. The second-order valence-corrected chi connectivity index (χ2v) is 6.06. The Bertz CT molecular complexity index is 881. The van der Waals surface area contributed by atoms with Gasteiger partial charge in [-0.1, -0.05) is 28.9 Å². The largest absolute Gasteiger partial charge is 0.361 e. The molecular weight excluding hydrogens is 300 g/mol. The highest BCUT2D eigenvalue weighted by Crippen LogP contribution is 2.21. The lowest BCUT2D eigenvalue weighted by Gasteiger charge is -2.04. The van der Waals surface area contributed by atoms with E-state index in [1.165, 1.54) is 5.56 Å². The highest BCUT2D eigenvalue weighted by Gasteiger charge is 2.13. The first-order chi connectivity index (χ1) is 11.5. The average Bonchev–Trinajstić information content (AvgIpc) is 3.01. The standard InChI is InChI=1S/C20H20N2O2/c1-13-5-4-6-16(11-13)19-12-17(24-22-19)8-10-20(23)18-9-7-14(2)21-15(18)3/h4-7,9,11-12H,8,10H2,1-3H3. The molecule has 0 fully saturated rings. The van der Waals surface area contributed by atoms with E-state index < -0.39 is 0 Å². The molecular formula is C20H20N2O2. The van der Waals surface area contributed by atoms with Crippen molar-refractivity contribution in [3.8, 4) is 11.3 Å². The summed E-state index contributed by atoms with van der Waals surface area (Å²) in [5.74, 6) is 0.797. The van der Waals surface area contributed by atoms with Gasteiger partial charge < -0.3 is 4.52 Å². The highest BCUT2D eigenvalue weighted by atomic mass is 16.5. The lowest BCUT2D eigenvalue weighted by Crippen LogP contribution is -2.05. The number of benzene rings is 1. The first kappa shape index (κ1) is 16.1. The monoisotopic (exact) mass is 320 g/mol. The first-order valence-corrected chi connectivity index (χ1v) is 8.03. The maximum Gasteiger partial charge on any atom is 0.165 e. The molecule has 0 atom stereocenters. The molecule has 0 radical (unpaired) electrons. The molecule has 3 rings (SSSR count). The number of pyridine rings is 1. The van der Waals surface area contributed by atoms with Gasteiger partial charge in [0.05, 0.1) is 0 Å². The smallest absolute Gasteiger partial charge is 0.165 e. The number of nitrogens with zero attached hydrogens (tertiary/aromatic N) is 2. The van der Waals surface area contributed by atoms with Gasteiger partial charge in [-0.05, 0) is 39.0 Å². The fourth-order valence-corrected chi connectivity index (χ4v) is 2.72. The molecule has 0 spiro atoms. The Morgan fingerprint density at radius 2 is 1.92 bits per heavy atom. The van der Waals surface area contributed by atoms with Crippen molar-refractivity contribution >= 4 is 5.78 Å². The zero-order valence-corrected chi connectivity index (χ0v) is 14.2. The van der Waals surface area contributed by atoms with Crippen LogP contribution >= 0.6 is 0 Å². The molecule has 2 aromatic heterocycles. The maximum atomic E-state index is 12.4. The van der Waals surface area contributed by atoms with Crippen LogP contribution in [0.1, 0.15) is 39.5 Å². The Hall–Kier alpha value is -2.75. The Morgan fingerprint density at radius 1 is 1.08 bits per heavy atom. The third kappa shape index (κ3) is 3.59. The van der Waals surface area contributed by atoms with Crippen molar-refractivity contribution in [1.82, 2.24) is 10.1 Å². The number of carbonyl (C=O) groups excluding carboxylic acids is 1. The minimum atomic E-state index is 0.0773. The van der Waals surface area contributed by atoms with Gasteiger partial charge in [-0.25, -0.2) is 0 Å². The number of rotatable bonds is 5. The third-order valence-corrected chi connectivity index (χ3v) is 4.00. The van der Waals surface area contributed by atoms with Gasteiger partial charge >= 0.3 is 0 Å². The predicted octanol–water partition coefficient (Wildman–Crippen LogP) is 4.48. The number of hydrogen-bond acceptors (Lipinski definition) is 4. The molecule has 0 N–H and O–H groups in total. The van der Waals surface area contributed by atoms with Gasteiger partial charge in [0.1, 0.15) is 11.5 Å². The van der Waals surface area contributed by atoms with E-state index >= 15 is 0 Å². The van der Waals surface area contributed by atoms with Crippen molar-refractivity contribution in [3.05, 3.63) is 70.7 Å². The Labute approximate surface area is 141 Å². The Balaban J connectivity index is 1.68. The van der Waals surface area contributed by atoms with Crippen molar-refractivity contribution in [3.63, 3.8) is 0 Å². The lowest BCUT2D eigenvalue weighted by atomic mass is 10.0.